The Labute approximate surface area is 134 Å². The maximum Gasteiger partial charge on any atom is 0.333 e. The summed E-state index contributed by atoms with van der Waals surface area (Å²) >= 11 is 0. The van der Waals surface area contributed by atoms with Crippen LogP contribution in [0.25, 0.3) is 0 Å². The van der Waals surface area contributed by atoms with Crippen molar-refractivity contribution < 1.29 is 14.3 Å². The molecule has 22 heavy (non-hydrogen) atoms. The van der Waals surface area contributed by atoms with Crippen molar-refractivity contribution in [1.82, 2.24) is 0 Å². The summed E-state index contributed by atoms with van der Waals surface area (Å²) in [5.74, 6) is 0.707. The van der Waals surface area contributed by atoms with Gasteiger partial charge in [-0.15, -0.1) is 0 Å². The van der Waals surface area contributed by atoms with E-state index in [1.54, 1.807) is 0 Å². The molecule has 0 aromatic heterocycles. The minimum absolute atomic E-state index is 0.230. The van der Waals surface area contributed by atoms with E-state index in [1.807, 2.05) is 20.8 Å². The van der Waals surface area contributed by atoms with Gasteiger partial charge in [0.05, 0.1) is 13.2 Å². The van der Waals surface area contributed by atoms with Crippen LogP contribution in [0.2, 0.25) is 0 Å². The molecular formula is C19H28O3. The average molecular weight is 304 g/mol. The molecule has 0 N–H and O–H groups in total. The van der Waals surface area contributed by atoms with Crippen LogP contribution in [0.1, 0.15) is 51.7 Å². The largest absolute Gasteiger partial charge is 0.493 e. The number of rotatable bonds is 8. The molecule has 3 nitrogen and oxygen atoms in total. The summed E-state index contributed by atoms with van der Waals surface area (Å²) in [4.78, 5) is 11.8. The second kappa shape index (κ2) is 9.29. The lowest BCUT2D eigenvalue weighted by Gasteiger charge is -2.12. The predicted molar refractivity (Wildman–Crippen MR) is 90.3 cm³/mol. The summed E-state index contributed by atoms with van der Waals surface area (Å²) in [5.41, 5.74) is 4.01. The molecule has 0 atom stereocenters. The van der Waals surface area contributed by atoms with Gasteiger partial charge in [0.25, 0.3) is 0 Å². The Morgan fingerprint density at radius 1 is 1.18 bits per heavy atom. The van der Waals surface area contributed by atoms with Gasteiger partial charge >= 0.3 is 5.97 Å². The molecule has 1 rings (SSSR count). The van der Waals surface area contributed by atoms with Crippen molar-refractivity contribution in [3.05, 3.63) is 40.5 Å². The molecule has 0 radical (unpaired) electrons. The van der Waals surface area contributed by atoms with Crippen molar-refractivity contribution in [2.45, 2.75) is 53.9 Å². The lowest BCUT2D eigenvalue weighted by Crippen LogP contribution is -2.08. The lowest BCUT2D eigenvalue weighted by molar-refractivity contribution is -0.138. The summed E-state index contributed by atoms with van der Waals surface area (Å²) < 4.78 is 10.9. The van der Waals surface area contributed by atoms with E-state index in [-0.39, 0.29) is 5.97 Å². The molecule has 1 aromatic rings. The zero-order chi connectivity index (χ0) is 16.5. The van der Waals surface area contributed by atoms with Crippen LogP contribution >= 0.6 is 0 Å². The third-order valence-electron chi connectivity index (χ3n) is 3.70. The van der Waals surface area contributed by atoms with Gasteiger partial charge in [0, 0.05) is 5.57 Å². The molecule has 0 aliphatic heterocycles. The second-order valence-corrected chi connectivity index (χ2v) is 5.60. The Hall–Kier alpha value is -1.77. The Bertz CT molecular complexity index is 529. The standard InChI is InChI=1S/C19H28O3/c1-6-8-11-22-18-13-17(10-9-14(18)3)12-15(4)16(5)19(20)21-7-2/h9-10,13H,6-8,11-12H2,1-5H3. The van der Waals surface area contributed by atoms with Crippen LogP contribution in [0.5, 0.6) is 5.75 Å². The minimum Gasteiger partial charge on any atom is -0.493 e. The van der Waals surface area contributed by atoms with Crippen LogP contribution < -0.4 is 4.74 Å². The van der Waals surface area contributed by atoms with Crippen molar-refractivity contribution in [3.8, 4) is 5.75 Å². The zero-order valence-electron chi connectivity index (χ0n) is 14.5. The van der Waals surface area contributed by atoms with Gasteiger partial charge in [-0.2, -0.15) is 0 Å². The number of allylic oxidation sites excluding steroid dienone is 1. The van der Waals surface area contributed by atoms with E-state index in [9.17, 15) is 4.79 Å². The van der Waals surface area contributed by atoms with Gasteiger partial charge in [0.15, 0.2) is 0 Å². The topological polar surface area (TPSA) is 35.5 Å². The molecule has 0 amide bonds. The van der Waals surface area contributed by atoms with E-state index >= 15 is 0 Å². The van der Waals surface area contributed by atoms with Crippen LogP contribution in [-0.2, 0) is 16.0 Å². The third-order valence-corrected chi connectivity index (χ3v) is 3.70. The summed E-state index contributed by atoms with van der Waals surface area (Å²) in [6.45, 7) is 11.0. The average Bonchev–Trinajstić information content (AvgIpc) is 2.50. The van der Waals surface area contributed by atoms with E-state index in [0.717, 1.165) is 48.3 Å². The number of ether oxygens (including phenoxy) is 2. The molecule has 0 aliphatic rings. The summed E-state index contributed by atoms with van der Waals surface area (Å²) in [5, 5.41) is 0. The van der Waals surface area contributed by atoms with Gasteiger partial charge in [-0.3, -0.25) is 0 Å². The predicted octanol–water partition coefficient (Wildman–Crippen LogP) is 4.62. The van der Waals surface area contributed by atoms with Gasteiger partial charge in [-0.1, -0.05) is 31.1 Å². The molecule has 0 fully saturated rings. The van der Waals surface area contributed by atoms with Gasteiger partial charge in [0.1, 0.15) is 5.75 Å². The van der Waals surface area contributed by atoms with Gasteiger partial charge in [-0.05, 0) is 57.7 Å². The molecule has 0 aliphatic carbocycles. The molecule has 3 heteroatoms. The molecule has 0 unspecified atom stereocenters. The van der Waals surface area contributed by atoms with Gasteiger partial charge < -0.3 is 9.47 Å². The highest BCUT2D eigenvalue weighted by Gasteiger charge is 2.10. The highest BCUT2D eigenvalue weighted by atomic mass is 16.5. The summed E-state index contributed by atoms with van der Waals surface area (Å²) in [6.07, 6.45) is 2.92. The molecule has 0 bridgehead atoms. The van der Waals surface area contributed by atoms with Crippen molar-refractivity contribution in [2.75, 3.05) is 13.2 Å². The fraction of sp³-hybridized carbons (Fsp3) is 0.526. The maximum atomic E-state index is 11.8. The molecule has 0 saturated heterocycles. The van der Waals surface area contributed by atoms with Crippen LogP contribution in [0.3, 0.4) is 0 Å². The molecular weight excluding hydrogens is 276 g/mol. The minimum atomic E-state index is -0.230. The van der Waals surface area contributed by atoms with E-state index in [0.29, 0.717) is 12.2 Å². The number of carbonyl (C=O) groups excluding carboxylic acids is 1. The smallest absolute Gasteiger partial charge is 0.333 e. The number of hydrogen-bond acceptors (Lipinski definition) is 3. The van der Waals surface area contributed by atoms with Crippen LogP contribution in [-0.4, -0.2) is 19.2 Å². The van der Waals surface area contributed by atoms with Crippen molar-refractivity contribution in [2.24, 2.45) is 0 Å². The zero-order valence-corrected chi connectivity index (χ0v) is 14.5. The first kappa shape index (κ1) is 18.3. The van der Waals surface area contributed by atoms with Crippen molar-refractivity contribution in [3.63, 3.8) is 0 Å². The molecule has 0 heterocycles. The SMILES string of the molecule is CCCCOc1cc(CC(C)=C(C)C(=O)OCC)ccc1C. The summed E-state index contributed by atoms with van der Waals surface area (Å²) in [7, 11) is 0. The Morgan fingerprint density at radius 2 is 1.91 bits per heavy atom. The third kappa shape index (κ3) is 5.55. The fourth-order valence-electron chi connectivity index (χ4n) is 2.09. The first-order chi connectivity index (χ1) is 10.5. The highest BCUT2D eigenvalue weighted by molar-refractivity contribution is 5.88. The lowest BCUT2D eigenvalue weighted by atomic mass is 10.0. The molecule has 0 spiro atoms. The molecule has 122 valence electrons. The number of aryl methyl sites for hydroxylation is 1. The quantitative estimate of drug-likeness (QED) is 0.399. The van der Waals surface area contributed by atoms with Crippen LogP contribution in [0.4, 0.5) is 0 Å². The Morgan fingerprint density at radius 3 is 2.55 bits per heavy atom. The number of esters is 1. The summed E-state index contributed by atoms with van der Waals surface area (Å²) in [6, 6.07) is 6.24. The monoisotopic (exact) mass is 304 g/mol. The van der Waals surface area contributed by atoms with E-state index < -0.39 is 0 Å². The number of unbranched alkanes of at least 4 members (excludes halogenated alkanes) is 1. The van der Waals surface area contributed by atoms with Gasteiger partial charge in [-0.25, -0.2) is 4.79 Å². The van der Waals surface area contributed by atoms with E-state index in [1.165, 1.54) is 0 Å². The Kier molecular flexibility index (Phi) is 7.72. The fourth-order valence-corrected chi connectivity index (χ4v) is 2.09. The molecule has 0 saturated carbocycles. The molecule has 1 aromatic carbocycles. The Balaban J connectivity index is 2.82. The van der Waals surface area contributed by atoms with E-state index in [2.05, 4.69) is 32.0 Å². The van der Waals surface area contributed by atoms with Crippen LogP contribution in [0.15, 0.2) is 29.3 Å². The van der Waals surface area contributed by atoms with Gasteiger partial charge in [0.2, 0.25) is 0 Å². The number of carbonyl (C=O) groups is 1. The number of hydrogen-bond donors (Lipinski definition) is 0. The van der Waals surface area contributed by atoms with Crippen LogP contribution in [0, 0.1) is 6.92 Å². The van der Waals surface area contributed by atoms with Crippen molar-refractivity contribution in [1.29, 1.82) is 0 Å². The normalized spacial score (nSPS) is 11.9. The van der Waals surface area contributed by atoms with E-state index in [4.69, 9.17) is 9.47 Å². The number of benzene rings is 1. The highest BCUT2D eigenvalue weighted by Crippen LogP contribution is 2.22. The first-order valence-electron chi connectivity index (χ1n) is 8.05. The second-order valence-electron chi connectivity index (χ2n) is 5.60. The first-order valence-corrected chi connectivity index (χ1v) is 8.05. The maximum absolute atomic E-state index is 11.8. The van der Waals surface area contributed by atoms with Crippen molar-refractivity contribution >= 4 is 5.97 Å².